The van der Waals surface area contributed by atoms with Gasteiger partial charge in [-0.3, -0.25) is 4.79 Å². The second-order valence-corrected chi connectivity index (χ2v) is 4.16. The van der Waals surface area contributed by atoms with E-state index in [2.05, 4.69) is 16.5 Å². The van der Waals surface area contributed by atoms with Gasteiger partial charge in [0.1, 0.15) is 16.9 Å². The van der Waals surface area contributed by atoms with Crippen LogP contribution in [-0.2, 0) is 11.3 Å². The summed E-state index contributed by atoms with van der Waals surface area (Å²) >= 11 is 0. The lowest BCUT2D eigenvalue weighted by molar-refractivity contribution is -0.131. The quantitative estimate of drug-likeness (QED) is 0.830. The van der Waals surface area contributed by atoms with E-state index in [0.717, 1.165) is 6.42 Å². The second-order valence-electron chi connectivity index (χ2n) is 4.16. The van der Waals surface area contributed by atoms with E-state index in [1.165, 1.54) is 0 Å². The average Bonchev–Trinajstić information content (AvgIpc) is 2.60. The van der Waals surface area contributed by atoms with Gasteiger partial charge >= 0.3 is 0 Å². The Balaban J connectivity index is 1.91. The van der Waals surface area contributed by atoms with E-state index < -0.39 is 5.41 Å². The van der Waals surface area contributed by atoms with Gasteiger partial charge < -0.3 is 9.84 Å². The van der Waals surface area contributed by atoms with Crippen LogP contribution in [-0.4, -0.2) is 11.1 Å². The Labute approximate surface area is 93.4 Å². The zero-order valence-corrected chi connectivity index (χ0v) is 9.12. The third kappa shape index (κ3) is 1.78. The number of hydrogen-bond acceptors (Lipinski definition) is 4. The molecule has 1 amide bonds. The molecule has 16 heavy (non-hydrogen) atoms. The van der Waals surface area contributed by atoms with Gasteiger partial charge in [-0.1, -0.05) is 5.16 Å². The molecule has 0 radical (unpaired) electrons. The molecule has 0 unspecified atom stereocenters. The van der Waals surface area contributed by atoms with Crippen LogP contribution in [0, 0.1) is 23.7 Å². The number of nitrogens with zero attached hydrogens (tertiary/aromatic N) is 2. The van der Waals surface area contributed by atoms with E-state index in [0.29, 0.717) is 30.8 Å². The Kier molecular flexibility index (Phi) is 2.65. The van der Waals surface area contributed by atoms with Crippen LogP contribution in [0.3, 0.4) is 0 Å². The first-order chi connectivity index (χ1) is 7.66. The highest BCUT2D eigenvalue weighted by Gasteiger charge is 2.44. The minimum Gasteiger partial charge on any atom is -0.361 e. The van der Waals surface area contributed by atoms with Crippen LogP contribution < -0.4 is 5.32 Å². The Morgan fingerprint density at radius 3 is 2.94 bits per heavy atom. The van der Waals surface area contributed by atoms with Crippen LogP contribution in [0.2, 0.25) is 0 Å². The Bertz CT molecular complexity index is 440. The molecule has 2 rings (SSSR count). The molecule has 1 heterocycles. The van der Waals surface area contributed by atoms with Gasteiger partial charge in [0.15, 0.2) is 0 Å². The lowest BCUT2D eigenvalue weighted by Gasteiger charge is -2.33. The molecule has 0 aliphatic heterocycles. The molecule has 84 valence electrons. The molecule has 1 aliphatic carbocycles. The van der Waals surface area contributed by atoms with E-state index in [9.17, 15) is 4.79 Å². The van der Waals surface area contributed by atoms with Gasteiger partial charge in [-0.05, 0) is 26.2 Å². The van der Waals surface area contributed by atoms with Gasteiger partial charge in [-0.2, -0.15) is 5.26 Å². The summed E-state index contributed by atoms with van der Waals surface area (Å²) in [5.74, 6) is 0.518. The first-order valence-electron chi connectivity index (χ1n) is 5.28. The number of aromatic nitrogens is 1. The number of nitriles is 1. The van der Waals surface area contributed by atoms with Gasteiger partial charge in [-0.25, -0.2) is 0 Å². The molecule has 0 saturated heterocycles. The summed E-state index contributed by atoms with van der Waals surface area (Å²) in [6, 6.07) is 3.86. The molecule has 1 N–H and O–H groups in total. The van der Waals surface area contributed by atoms with Crippen molar-refractivity contribution in [3.63, 3.8) is 0 Å². The second kappa shape index (κ2) is 3.97. The molecule has 5 nitrogen and oxygen atoms in total. The fraction of sp³-hybridized carbons (Fsp3) is 0.545. The lowest BCUT2D eigenvalue weighted by Crippen LogP contribution is -2.44. The third-order valence-corrected chi connectivity index (χ3v) is 2.96. The maximum absolute atomic E-state index is 11.8. The Morgan fingerprint density at radius 1 is 1.75 bits per heavy atom. The molecule has 1 aromatic rings. The summed E-state index contributed by atoms with van der Waals surface area (Å²) in [6.45, 7) is 2.11. The minimum absolute atomic E-state index is 0.193. The van der Waals surface area contributed by atoms with E-state index in [1.54, 1.807) is 13.0 Å². The molecular weight excluding hydrogens is 206 g/mol. The zero-order chi connectivity index (χ0) is 11.6. The number of hydrogen-bond donors (Lipinski definition) is 1. The van der Waals surface area contributed by atoms with Gasteiger partial charge in [-0.15, -0.1) is 0 Å². The molecule has 5 heteroatoms. The standard InChI is InChI=1S/C11H13N3O2/c1-8-5-9(14-16-8)6-13-10(15)11(7-12)3-2-4-11/h5H,2-4,6H2,1H3,(H,13,15). The molecule has 1 aromatic heterocycles. The van der Waals surface area contributed by atoms with Gasteiger partial charge in [0.05, 0.1) is 12.6 Å². The number of rotatable bonds is 3. The summed E-state index contributed by atoms with van der Waals surface area (Å²) in [7, 11) is 0. The van der Waals surface area contributed by atoms with Crippen molar-refractivity contribution < 1.29 is 9.32 Å². The van der Waals surface area contributed by atoms with Crippen molar-refractivity contribution in [3.05, 3.63) is 17.5 Å². The molecule has 0 bridgehead atoms. The highest BCUT2D eigenvalue weighted by molar-refractivity contribution is 5.86. The van der Waals surface area contributed by atoms with Gasteiger partial charge in [0, 0.05) is 6.07 Å². The summed E-state index contributed by atoms with van der Waals surface area (Å²) < 4.78 is 4.88. The maximum Gasteiger partial charge on any atom is 0.240 e. The van der Waals surface area contributed by atoms with Gasteiger partial charge in [0.25, 0.3) is 0 Å². The summed E-state index contributed by atoms with van der Waals surface area (Å²) in [5, 5.41) is 15.5. The van der Waals surface area contributed by atoms with Crippen molar-refractivity contribution in [2.45, 2.75) is 32.7 Å². The summed E-state index contributed by atoms with van der Waals surface area (Å²) in [5.41, 5.74) is -0.114. The third-order valence-electron chi connectivity index (χ3n) is 2.96. The van der Waals surface area contributed by atoms with Crippen LogP contribution in [0.4, 0.5) is 0 Å². The average molecular weight is 219 g/mol. The molecule has 0 spiro atoms. The minimum atomic E-state index is -0.793. The van der Waals surface area contributed by atoms with Crippen molar-refractivity contribution in [3.8, 4) is 6.07 Å². The SMILES string of the molecule is Cc1cc(CNC(=O)C2(C#N)CCC2)no1. The van der Waals surface area contributed by atoms with Crippen LogP contribution in [0.15, 0.2) is 10.6 Å². The van der Waals surface area contributed by atoms with Crippen molar-refractivity contribution in [1.29, 1.82) is 5.26 Å². The fourth-order valence-corrected chi connectivity index (χ4v) is 1.76. The predicted molar refractivity (Wildman–Crippen MR) is 55.0 cm³/mol. The van der Waals surface area contributed by atoms with Crippen LogP contribution in [0.25, 0.3) is 0 Å². The van der Waals surface area contributed by atoms with Crippen molar-refractivity contribution >= 4 is 5.91 Å². The normalized spacial score (nSPS) is 17.2. The summed E-state index contributed by atoms with van der Waals surface area (Å²) in [6.07, 6.45) is 2.27. The largest absolute Gasteiger partial charge is 0.361 e. The molecule has 1 saturated carbocycles. The molecule has 1 fully saturated rings. The van der Waals surface area contributed by atoms with Crippen LogP contribution in [0.1, 0.15) is 30.7 Å². The Morgan fingerprint density at radius 2 is 2.50 bits per heavy atom. The number of carbonyl (C=O) groups is 1. The maximum atomic E-state index is 11.8. The van der Waals surface area contributed by atoms with E-state index in [4.69, 9.17) is 9.78 Å². The topological polar surface area (TPSA) is 78.9 Å². The fourth-order valence-electron chi connectivity index (χ4n) is 1.76. The molecule has 1 aliphatic rings. The van der Waals surface area contributed by atoms with Crippen LogP contribution >= 0.6 is 0 Å². The number of carbonyl (C=O) groups excluding carboxylic acids is 1. The predicted octanol–water partition coefficient (Wildman–Crippen LogP) is 1.29. The highest BCUT2D eigenvalue weighted by atomic mass is 16.5. The summed E-state index contributed by atoms with van der Waals surface area (Å²) in [4.78, 5) is 11.8. The van der Waals surface area contributed by atoms with Gasteiger partial charge in [0.2, 0.25) is 5.91 Å². The Hall–Kier alpha value is -1.83. The zero-order valence-electron chi connectivity index (χ0n) is 9.12. The van der Waals surface area contributed by atoms with Crippen LogP contribution in [0.5, 0.6) is 0 Å². The molecule has 0 atom stereocenters. The first-order valence-corrected chi connectivity index (χ1v) is 5.28. The highest BCUT2D eigenvalue weighted by Crippen LogP contribution is 2.40. The van der Waals surface area contributed by atoms with Crippen molar-refractivity contribution in [2.75, 3.05) is 0 Å². The monoisotopic (exact) mass is 219 g/mol. The van der Waals surface area contributed by atoms with E-state index in [-0.39, 0.29) is 5.91 Å². The molecular formula is C11H13N3O2. The molecule has 0 aromatic carbocycles. The number of nitrogens with one attached hydrogen (secondary N) is 1. The smallest absolute Gasteiger partial charge is 0.240 e. The van der Waals surface area contributed by atoms with Crippen molar-refractivity contribution in [2.24, 2.45) is 5.41 Å². The van der Waals surface area contributed by atoms with E-state index in [1.807, 2.05) is 0 Å². The van der Waals surface area contributed by atoms with Crippen molar-refractivity contribution in [1.82, 2.24) is 10.5 Å². The lowest BCUT2D eigenvalue weighted by atomic mass is 9.69. The van der Waals surface area contributed by atoms with E-state index >= 15 is 0 Å². The number of amides is 1. The first kappa shape index (κ1) is 10.7. The number of aryl methyl sites for hydroxylation is 1.